The van der Waals surface area contributed by atoms with Crippen molar-refractivity contribution >= 4 is 19.6 Å². The highest BCUT2D eigenvalue weighted by Gasteiger charge is 2.52. The van der Waals surface area contributed by atoms with Crippen LogP contribution in [-0.4, -0.2) is 38.0 Å². The number of nitrogens with two attached hydrogens (primary N) is 1. The summed E-state index contributed by atoms with van der Waals surface area (Å²) in [7, 11) is -2.56. The highest BCUT2D eigenvalue weighted by molar-refractivity contribution is 7.33. The van der Waals surface area contributed by atoms with E-state index in [0.29, 0.717) is 22.8 Å². The van der Waals surface area contributed by atoms with Gasteiger partial charge in [0.15, 0.2) is 18.2 Å². The SMILES string of the molecule is N#C[C@]1(CO[P+](=O)Oc2ccccc2)O[C@@H](c2ccc3c(N)ncnn23)C[C@@H]1O. The van der Waals surface area contributed by atoms with Crippen LogP contribution in [0.15, 0.2) is 48.8 Å². The lowest BCUT2D eigenvalue weighted by Gasteiger charge is -2.21. The third-order valence-corrected chi connectivity index (χ3v) is 5.37. The van der Waals surface area contributed by atoms with Crippen molar-refractivity contribution in [1.29, 1.82) is 5.26 Å². The van der Waals surface area contributed by atoms with E-state index in [1.807, 2.05) is 6.07 Å². The minimum atomic E-state index is -2.56. The van der Waals surface area contributed by atoms with Crippen LogP contribution in [0.25, 0.3) is 5.52 Å². The zero-order chi connectivity index (χ0) is 20.4. The number of hydrogen-bond acceptors (Lipinski definition) is 9. The van der Waals surface area contributed by atoms with Gasteiger partial charge in [-0.2, -0.15) is 10.4 Å². The van der Waals surface area contributed by atoms with Gasteiger partial charge in [0.25, 0.3) is 0 Å². The normalized spacial score (nSPS) is 24.3. The topological polar surface area (TPSA) is 145 Å². The van der Waals surface area contributed by atoms with Crippen molar-refractivity contribution in [1.82, 2.24) is 14.6 Å². The molecule has 1 aliphatic heterocycles. The van der Waals surface area contributed by atoms with Gasteiger partial charge in [0.2, 0.25) is 5.60 Å². The smallest absolute Gasteiger partial charge is 0.389 e. The van der Waals surface area contributed by atoms with Crippen molar-refractivity contribution in [3.05, 3.63) is 54.5 Å². The highest BCUT2D eigenvalue weighted by atomic mass is 31.1. The van der Waals surface area contributed by atoms with Crippen LogP contribution in [-0.2, 0) is 13.8 Å². The van der Waals surface area contributed by atoms with Crippen LogP contribution in [0.4, 0.5) is 5.82 Å². The maximum absolute atomic E-state index is 12.1. The molecule has 3 N–H and O–H groups in total. The molecule has 0 aliphatic carbocycles. The van der Waals surface area contributed by atoms with Crippen molar-refractivity contribution < 1.29 is 23.5 Å². The standard InChI is InChI=1S/C18H17N5O5P/c19-9-18(10-26-29(25)28-12-4-2-1-3-5-12)16(24)8-15(27-18)13-6-7-14-17(20)21-11-22-23(13)14/h1-7,11,15-16,24H,8,10H2,(H2,20,21,22)/q+1/t15-,16+,18-/m1/s1. The molecule has 0 saturated carbocycles. The molecule has 1 aromatic carbocycles. The second-order valence-electron chi connectivity index (χ2n) is 6.46. The fourth-order valence-corrected chi connectivity index (χ4v) is 3.82. The van der Waals surface area contributed by atoms with Crippen LogP contribution in [0.3, 0.4) is 0 Å². The van der Waals surface area contributed by atoms with Gasteiger partial charge >= 0.3 is 8.25 Å². The molecule has 1 unspecified atom stereocenters. The number of nitrogens with zero attached hydrogens (tertiary/aromatic N) is 4. The van der Waals surface area contributed by atoms with Crippen LogP contribution < -0.4 is 10.3 Å². The van der Waals surface area contributed by atoms with Gasteiger partial charge in [-0.05, 0) is 24.3 Å². The van der Waals surface area contributed by atoms with Crippen LogP contribution >= 0.6 is 8.25 Å². The number of ether oxygens (including phenoxy) is 1. The van der Waals surface area contributed by atoms with Crippen molar-refractivity contribution in [3.63, 3.8) is 0 Å². The molecule has 10 nitrogen and oxygen atoms in total. The summed E-state index contributed by atoms with van der Waals surface area (Å²) >= 11 is 0. The Labute approximate surface area is 166 Å². The number of hydrogen-bond donors (Lipinski definition) is 2. The molecular formula is C18H17N5O5P+. The summed E-state index contributed by atoms with van der Waals surface area (Å²) in [5.74, 6) is 0.664. The number of anilines is 1. The Balaban J connectivity index is 1.48. The Bertz CT molecular complexity index is 1090. The van der Waals surface area contributed by atoms with E-state index < -0.39 is 32.7 Å². The zero-order valence-corrected chi connectivity index (χ0v) is 16.0. The Kier molecular flexibility index (Phi) is 5.13. The Morgan fingerprint density at radius 1 is 1.38 bits per heavy atom. The van der Waals surface area contributed by atoms with Crippen molar-refractivity contribution in [3.8, 4) is 11.8 Å². The minimum absolute atomic E-state index is 0.128. The Hall–Kier alpha value is -3.09. The predicted molar refractivity (Wildman–Crippen MR) is 101 cm³/mol. The van der Waals surface area contributed by atoms with Gasteiger partial charge in [-0.1, -0.05) is 18.2 Å². The average Bonchev–Trinajstić information content (AvgIpc) is 3.30. The first-order chi connectivity index (χ1) is 14.0. The molecule has 3 heterocycles. The summed E-state index contributed by atoms with van der Waals surface area (Å²) in [6.07, 6.45) is -0.368. The number of nitriles is 1. The average molecular weight is 414 g/mol. The number of rotatable bonds is 6. The first kappa shape index (κ1) is 19.2. The van der Waals surface area contributed by atoms with Crippen molar-refractivity contribution in [2.45, 2.75) is 24.2 Å². The molecule has 1 fully saturated rings. The molecular weight excluding hydrogens is 397 g/mol. The fraction of sp³-hybridized carbons (Fsp3) is 0.278. The fourth-order valence-electron chi connectivity index (χ4n) is 3.18. The number of fused-ring (bicyclic) bond motifs is 1. The van der Waals surface area contributed by atoms with E-state index in [1.54, 1.807) is 47.0 Å². The number of benzene rings is 1. The van der Waals surface area contributed by atoms with Gasteiger partial charge in [-0.15, -0.1) is 4.52 Å². The molecule has 0 amide bonds. The Morgan fingerprint density at radius 3 is 2.93 bits per heavy atom. The molecule has 1 aliphatic rings. The lowest BCUT2D eigenvalue weighted by atomic mass is 9.99. The minimum Gasteiger partial charge on any atom is -0.389 e. The summed E-state index contributed by atoms with van der Waals surface area (Å²) in [6, 6.07) is 13.9. The van der Waals surface area contributed by atoms with E-state index in [-0.39, 0.29) is 6.42 Å². The summed E-state index contributed by atoms with van der Waals surface area (Å²) < 4.78 is 29.9. The summed E-state index contributed by atoms with van der Waals surface area (Å²) in [4.78, 5) is 3.93. The number of aromatic nitrogens is 3. The van der Waals surface area contributed by atoms with E-state index in [0.717, 1.165) is 0 Å². The summed E-state index contributed by atoms with van der Waals surface area (Å²) in [5, 5.41) is 24.3. The van der Waals surface area contributed by atoms with Gasteiger partial charge in [-0.25, -0.2) is 14.0 Å². The number of para-hydroxylation sites is 1. The number of aliphatic hydroxyl groups is 1. The quantitative estimate of drug-likeness (QED) is 0.579. The van der Waals surface area contributed by atoms with E-state index >= 15 is 0 Å². The first-order valence-electron chi connectivity index (χ1n) is 8.71. The summed E-state index contributed by atoms with van der Waals surface area (Å²) in [6.45, 7) is -0.427. The molecule has 29 heavy (non-hydrogen) atoms. The second-order valence-corrected chi connectivity index (χ2v) is 7.35. The highest BCUT2D eigenvalue weighted by Crippen LogP contribution is 2.42. The molecule has 2 aromatic heterocycles. The van der Waals surface area contributed by atoms with Crippen molar-refractivity contribution in [2.75, 3.05) is 12.3 Å². The van der Waals surface area contributed by atoms with E-state index in [1.165, 1.54) is 6.33 Å². The monoisotopic (exact) mass is 414 g/mol. The van der Waals surface area contributed by atoms with Gasteiger partial charge in [-0.3, -0.25) is 0 Å². The molecule has 0 radical (unpaired) electrons. The van der Waals surface area contributed by atoms with Crippen LogP contribution in [0.2, 0.25) is 0 Å². The molecule has 0 bridgehead atoms. The van der Waals surface area contributed by atoms with Crippen LogP contribution in [0.5, 0.6) is 5.75 Å². The molecule has 11 heteroatoms. The van der Waals surface area contributed by atoms with Crippen LogP contribution in [0.1, 0.15) is 18.2 Å². The largest absolute Gasteiger partial charge is 0.750 e. The molecule has 4 rings (SSSR count). The first-order valence-corrected chi connectivity index (χ1v) is 9.80. The maximum Gasteiger partial charge on any atom is 0.750 e. The maximum atomic E-state index is 12.1. The molecule has 0 spiro atoms. The van der Waals surface area contributed by atoms with Gasteiger partial charge in [0, 0.05) is 11.0 Å². The molecule has 3 aromatic rings. The zero-order valence-electron chi connectivity index (χ0n) is 15.1. The van der Waals surface area contributed by atoms with Crippen molar-refractivity contribution in [2.24, 2.45) is 0 Å². The lowest BCUT2D eigenvalue weighted by molar-refractivity contribution is -0.0690. The molecule has 1 saturated heterocycles. The lowest BCUT2D eigenvalue weighted by Crippen LogP contribution is -2.42. The molecule has 148 valence electrons. The Morgan fingerprint density at radius 2 is 2.17 bits per heavy atom. The third kappa shape index (κ3) is 3.64. The van der Waals surface area contributed by atoms with E-state index in [2.05, 4.69) is 10.1 Å². The summed E-state index contributed by atoms with van der Waals surface area (Å²) in [5.41, 5.74) is 5.34. The number of nitrogen functional groups attached to an aromatic ring is 1. The van der Waals surface area contributed by atoms with Gasteiger partial charge in [0.05, 0.1) is 5.69 Å². The molecule has 4 atom stereocenters. The third-order valence-electron chi connectivity index (χ3n) is 4.67. The predicted octanol–water partition coefficient (Wildman–Crippen LogP) is 2.15. The van der Waals surface area contributed by atoms with E-state index in [9.17, 15) is 14.9 Å². The van der Waals surface area contributed by atoms with Gasteiger partial charge < -0.3 is 15.6 Å². The van der Waals surface area contributed by atoms with E-state index in [4.69, 9.17) is 19.5 Å². The second kappa shape index (κ2) is 7.73. The van der Waals surface area contributed by atoms with Crippen LogP contribution in [0, 0.1) is 11.3 Å². The van der Waals surface area contributed by atoms with Gasteiger partial charge in [0.1, 0.15) is 30.1 Å². The number of aliphatic hydroxyl groups excluding tert-OH is 1.